The highest BCUT2D eigenvalue weighted by Gasteiger charge is 2.44. The largest absolute Gasteiger partial charge is 0.394 e. The van der Waals surface area contributed by atoms with E-state index >= 15 is 0 Å². The number of carbonyl (C=O) groups is 1. The molecule has 1 fully saturated rings. The highest BCUT2D eigenvalue weighted by molar-refractivity contribution is 7.80. The molecule has 8 nitrogen and oxygen atoms in total. The van der Waals surface area contributed by atoms with Gasteiger partial charge in [0, 0.05) is 5.75 Å². The van der Waals surface area contributed by atoms with E-state index < -0.39 is 49.2 Å². The Hall–Kier alpha value is -0.420. The van der Waals surface area contributed by atoms with Gasteiger partial charge in [0.25, 0.3) is 0 Å². The molecule has 0 unspecified atom stereocenters. The number of rotatable bonds is 5. The fraction of sp³-hybridized carbons (Fsp3) is 0.889. The van der Waals surface area contributed by atoms with Crippen molar-refractivity contribution in [1.82, 2.24) is 5.32 Å². The first-order valence-corrected chi connectivity index (χ1v) is 6.02. The molecule has 6 atom stereocenters. The maximum Gasteiger partial charge on any atom is 0.235 e. The van der Waals surface area contributed by atoms with Gasteiger partial charge in [0.15, 0.2) is 0 Å². The third kappa shape index (κ3) is 3.32. The van der Waals surface area contributed by atoms with Gasteiger partial charge < -0.3 is 30.9 Å². The number of aliphatic hydroxyl groups excluding tert-OH is 4. The molecule has 0 aromatic heterocycles. The summed E-state index contributed by atoms with van der Waals surface area (Å²) < 4.78 is 5.15. The van der Waals surface area contributed by atoms with E-state index in [2.05, 4.69) is 17.9 Å². The summed E-state index contributed by atoms with van der Waals surface area (Å²) >= 11 is 3.91. The average Bonchev–Trinajstić information content (AvgIpc) is 2.35. The van der Waals surface area contributed by atoms with Crippen LogP contribution < -0.4 is 11.1 Å². The molecule has 106 valence electrons. The number of thiol groups is 1. The van der Waals surface area contributed by atoms with Gasteiger partial charge in [0.2, 0.25) is 5.91 Å². The van der Waals surface area contributed by atoms with Gasteiger partial charge >= 0.3 is 0 Å². The second-order valence-electron chi connectivity index (χ2n) is 4.05. The Morgan fingerprint density at radius 1 is 1.33 bits per heavy atom. The number of ether oxygens (including phenoxy) is 1. The molecule has 0 spiro atoms. The van der Waals surface area contributed by atoms with Crippen molar-refractivity contribution in [3.8, 4) is 0 Å². The molecule has 7 N–H and O–H groups in total. The molecular formula is C9H18N2O6S. The van der Waals surface area contributed by atoms with E-state index in [-0.39, 0.29) is 5.75 Å². The average molecular weight is 282 g/mol. The minimum Gasteiger partial charge on any atom is -0.394 e. The van der Waals surface area contributed by atoms with Crippen LogP contribution in [0, 0.1) is 0 Å². The van der Waals surface area contributed by atoms with E-state index in [0.717, 1.165) is 0 Å². The molecule has 9 heteroatoms. The van der Waals surface area contributed by atoms with Crippen LogP contribution in [0.15, 0.2) is 0 Å². The van der Waals surface area contributed by atoms with Crippen LogP contribution in [0.3, 0.4) is 0 Å². The molecule has 0 saturated carbocycles. The maximum atomic E-state index is 11.0. The second-order valence-corrected chi connectivity index (χ2v) is 4.42. The van der Waals surface area contributed by atoms with Crippen LogP contribution in [0.5, 0.6) is 0 Å². The van der Waals surface area contributed by atoms with Crippen molar-refractivity contribution in [3.63, 3.8) is 0 Å². The Balaban J connectivity index is 2.72. The Labute approximate surface area is 109 Å². The summed E-state index contributed by atoms with van der Waals surface area (Å²) in [5, 5.41) is 40.3. The summed E-state index contributed by atoms with van der Waals surface area (Å²) in [5.41, 5.74) is 5.09. The Kier molecular flexibility index (Phi) is 5.79. The van der Waals surface area contributed by atoms with Gasteiger partial charge in [-0.1, -0.05) is 0 Å². The van der Waals surface area contributed by atoms with Crippen molar-refractivity contribution in [2.75, 3.05) is 12.4 Å². The van der Waals surface area contributed by atoms with Crippen molar-refractivity contribution < 1.29 is 30.0 Å². The monoisotopic (exact) mass is 282 g/mol. The molecule has 1 heterocycles. The Bertz CT molecular complexity index is 292. The molecule has 1 saturated heterocycles. The molecule has 0 bridgehead atoms. The normalized spacial score (nSPS) is 38.4. The van der Waals surface area contributed by atoms with Crippen LogP contribution >= 0.6 is 12.6 Å². The van der Waals surface area contributed by atoms with Crippen LogP contribution in [0.2, 0.25) is 0 Å². The quantitative estimate of drug-likeness (QED) is 0.256. The first-order valence-electron chi connectivity index (χ1n) is 5.39. The van der Waals surface area contributed by atoms with Gasteiger partial charge in [-0.05, 0) is 0 Å². The highest BCUT2D eigenvalue weighted by Crippen LogP contribution is 2.20. The molecule has 1 aliphatic heterocycles. The number of hydrogen-bond acceptors (Lipinski definition) is 8. The molecule has 0 aromatic carbocycles. The first kappa shape index (κ1) is 15.6. The number of aliphatic hydroxyl groups is 4. The van der Waals surface area contributed by atoms with Gasteiger partial charge in [0.05, 0.1) is 12.6 Å². The van der Waals surface area contributed by atoms with Crippen LogP contribution in [0.4, 0.5) is 0 Å². The second kappa shape index (κ2) is 6.66. The molecule has 1 amide bonds. The SMILES string of the molecule is NC(=O)[C@H](CS)N[C@H]1O[C@H](CO)[C@H](O)[C@H](O)[C@H]1O. The molecule has 18 heavy (non-hydrogen) atoms. The zero-order valence-electron chi connectivity index (χ0n) is 9.51. The van der Waals surface area contributed by atoms with E-state index in [1.54, 1.807) is 0 Å². The van der Waals surface area contributed by atoms with E-state index in [0.29, 0.717) is 0 Å². The maximum absolute atomic E-state index is 11.0. The molecule has 0 radical (unpaired) electrons. The summed E-state index contributed by atoms with van der Waals surface area (Å²) in [6, 6.07) is -0.866. The number of amides is 1. The lowest BCUT2D eigenvalue weighted by molar-refractivity contribution is -0.237. The highest BCUT2D eigenvalue weighted by atomic mass is 32.1. The number of hydrogen-bond donors (Lipinski definition) is 7. The number of carbonyl (C=O) groups excluding carboxylic acids is 1. The number of nitrogens with one attached hydrogen (secondary N) is 1. The molecule has 0 aromatic rings. The zero-order chi connectivity index (χ0) is 13.9. The predicted octanol–water partition coefficient (Wildman–Crippen LogP) is -3.84. The lowest BCUT2D eigenvalue weighted by atomic mass is 9.98. The number of nitrogens with two attached hydrogens (primary N) is 1. The van der Waals surface area contributed by atoms with Gasteiger partial charge in [-0.25, -0.2) is 0 Å². The smallest absolute Gasteiger partial charge is 0.235 e. The minimum absolute atomic E-state index is 0.0738. The fourth-order valence-electron chi connectivity index (χ4n) is 1.66. The molecular weight excluding hydrogens is 264 g/mol. The molecule has 1 aliphatic rings. The van der Waals surface area contributed by atoms with Gasteiger partial charge in [0.1, 0.15) is 30.6 Å². The van der Waals surface area contributed by atoms with Gasteiger partial charge in [-0.3, -0.25) is 10.1 Å². The summed E-state index contributed by atoms with van der Waals surface area (Å²) in [4.78, 5) is 11.0. The Morgan fingerprint density at radius 3 is 2.39 bits per heavy atom. The lowest BCUT2D eigenvalue weighted by Crippen LogP contribution is -2.65. The summed E-state index contributed by atoms with van der Waals surface area (Å²) in [7, 11) is 0. The minimum atomic E-state index is -1.50. The molecule has 1 rings (SSSR count). The third-order valence-corrected chi connectivity index (χ3v) is 3.15. The van der Waals surface area contributed by atoms with Crippen molar-refractivity contribution in [2.24, 2.45) is 5.73 Å². The van der Waals surface area contributed by atoms with Crippen LogP contribution in [-0.4, -0.2) is 75.4 Å². The van der Waals surface area contributed by atoms with Crippen LogP contribution in [-0.2, 0) is 9.53 Å². The van der Waals surface area contributed by atoms with Crippen molar-refractivity contribution >= 4 is 18.5 Å². The van der Waals surface area contributed by atoms with E-state index in [1.165, 1.54) is 0 Å². The van der Waals surface area contributed by atoms with Gasteiger partial charge in [-0.2, -0.15) is 12.6 Å². The zero-order valence-corrected chi connectivity index (χ0v) is 10.4. The van der Waals surface area contributed by atoms with Gasteiger partial charge in [-0.15, -0.1) is 0 Å². The predicted molar refractivity (Wildman–Crippen MR) is 63.7 cm³/mol. The van der Waals surface area contributed by atoms with Crippen molar-refractivity contribution in [2.45, 2.75) is 36.7 Å². The summed E-state index contributed by atoms with van der Waals surface area (Å²) in [5.74, 6) is -0.619. The number of primary amides is 1. The van der Waals surface area contributed by atoms with E-state index in [1.807, 2.05) is 0 Å². The van der Waals surface area contributed by atoms with E-state index in [4.69, 9.17) is 15.6 Å². The standard InChI is InChI=1S/C9H18N2O6S/c10-8(16)3(2-18)11-9-7(15)6(14)5(13)4(1-12)17-9/h3-7,9,11-15,18H,1-2H2,(H2,10,16)/t3-,4+,5-,6-,7+,9-/m0/s1. The first-order chi connectivity index (χ1) is 8.42. The van der Waals surface area contributed by atoms with Crippen LogP contribution in [0.25, 0.3) is 0 Å². The topological polar surface area (TPSA) is 145 Å². The summed E-state index contributed by atoms with van der Waals surface area (Å²) in [6.45, 7) is -0.536. The fourth-order valence-corrected chi connectivity index (χ4v) is 1.95. The van der Waals surface area contributed by atoms with E-state index in [9.17, 15) is 20.1 Å². The third-order valence-electron chi connectivity index (χ3n) is 2.78. The Morgan fingerprint density at radius 2 is 1.94 bits per heavy atom. The van der Waals surface area contributed by atoms with Crippen LogP contribution in [0.1, 0.15) is 0 Å². The summed E-state index contributed by atoms with van der Waals surface area (Å²) in [6.07, 6.45) is -6.56. The lowest BCUT2D eigenvalue weighted by Gasteiger charge is -2.41. The molecule has 0 aliphatic carbocycles. The van der Waals surface area contributed by atoms with Crippen molar-refractivity contribution in [3.05, 3.63) is 0 Å². The van der Waals surface area contributed by atoms with Crippen molar-refractivity contribution in [1.29, 1.82) is 0 Å².